The topological polar surface area (TPSA) is 21.3 Å². The first-order valence-corrected chi connectivity index (χ1v) is 6.88. The van der Waals surface area contributed by atoms with E-state index in [9.17, 15) is 8.78 Å². The second-order valence-electron chi connectivity index (χ2n) is 5.09. The highest BCUT2D eigenvalue weighted by Gasteiger charge is 2.13. The van der Waals surface area contributed by atoms with Gasteiger partial charge in [0.25, 0.3) is 6.43 Å². The van der Waals surface area contributed by atoms with Crippen LogP contribution in [0.4, 0.5) is 8.78 Å². The molecule has 0 saturated heterocycles. The van der Waals surface area contributed by atoms with Gasteiger partial charge in [0.15, 0.2) is 0 Å². The Morgan fingerprint density at radius 2 is 2.05 bits per heavy atom. The van der Waals surface area contributed by atoms with E-state index in [1.165, 1.54) is 13.2 Å². The molecule has 0 bridgehead atoms. The van der Waals surface area contributed by atoms with Crippen LogP contribution in [0, 0.1) is 5.92 Å². The minimum absolute atomic E-state index is 0.0672. The summed E-state index contributed by atoms with van der Waals surface area (Å²) in [5.74, 6) is 0.911. The third-order valence-electron chi connectivity index (χ3n) is 2.96. The first-order chi connectivity index (χ1) is 9.54. The number of nitrogens with one attached hydrogen (secondary N) is 1. The molecule has 0 atom stereocenters. The molecule has 0 radical (unpaired) electrons. The normalized spacial score (nSPS) is 11.8. The Bertz CT molecular complexity index is 430. The quantitative estimate of drug-likeness (QED) is 0.719. The summed E-state index contributed by atoms with van der Waals surface area (Å²) in [5.41, 5.74) is 0.689. The van der Waals surface area contributed by atoms with Crippen LogP contribution in [0.25, 0.3) is 6.08 Å². The molecule has 1 aromatic rings. The number of ether oxygens (including phenoxy) is 1. The third kappa shape index (κ3) is 5.70. The highest BCUT2D eigenvalue weighted by molar-refractivity contribution is 5.53. The molecule has 1 N–H and O–H groups in total. The van der Waals surface area contributed by atoms with Gasteiger partial charge in [-0.3, -0.25) is 0 Å². The second kappa shape index (κ2) is 8.69. The molecule has 0 spiro atoms. The van der Waals surface area contributed by atoms with E-state index < -0.39 is 6.43 Å². The van der Waals surface area contributed by atoms with E-state index in [0.717, 1.165) is 25.1 Å². The molecule has 0 saturated carbocycles. The van der Waals surface area contributed by atoms with Gasteiger partial charge in [-0.25, -0.2) is 8.78 Å². The van der Waals surface area contributed by atoms with Crippen LogP contribution in [0.2, 0.25) is 0 Å². The van der Waals surface area contributed by atoms with Gasteiger partial charge in [0.2, 0.25) is 0 Å². The van der Waals surface area contributed by atoms with Crippen molar-refractivity contribution in [1.82, 2.24) is 5.32 Å². The first kappa shape index (κ1) is 16.6. The number of hydrogen-bond donors (Lipinski definition) is 1. The maximum atomic E-state index is 12.8. The van der Waals surface area contributed by atoms with Gasteiger partial charge in [-0.15, -0.1) is 0 Å². The second-order valence-corrected chi connectivity index (χ2v) is 5.09. The largest absolute Gasteiger partial charge is 0.496 e. The smallest absolute Gasteiger partial charge is 0.267 e. The van der Waals surface area contributed by atoms with E-state index in [1.54, 1.807) is 12.1 Å². The van der Waals surface area contributed by atoms with Crippen LogP contribution < -0.4 is 10.1 Å². The van der Waals surface area contributed by atoms with Crippen LogP contribution in [0.1, 0.15) is 37.8 Å². The van der Waals surface area contributed by atoms with E-state index in [2.05, 4.69) is 19.2 Å². The van der Waals surface area contributed by atoms with Gasteiger partial charge in [0, 0.05) is 6.54 Å². The zero-order valence-corrected chi connectivity index (χ0v) is 12.3. The van der Waals surface area contributed by atoms with Crippen molar-refractivity contribution in [2.24, 2.45) is 5.92 Å². The van der Waals surface area contributed by atoms with Crippen molar-refractivity contribution in [3.8, 4) is 5.75 Å². The van der Waals surface area contributed by atoms with Gasteiger partial charge >= 0.3 is 0 Å². The highest BCUT2D eigenvalue weighted by atomic mass is 19.3. The summed E-state index contributed by atoms with van der Waals surface area (Å²) in [4.78, 5) is 0. The molecule has 2 nitrogen and oxygen atoms in total. The Morgan fingerprint density at radius 1 is 1.30 bits per heavy atom. The summed E-state index contributed by atoms with van der Waals surface area (Å²) in [6.07, 6.45) is 2.39. The first-order valence-electron chi connectivity index (χ1n) is 6.88. The lowest BCUT2D eigenvalue weighted by atomic mass is 10.1. The molecule has 20 heavy (non-hydrogen) atoms. The summed E-state index contributed by atoms with van der Waals surface area (Å²) >= 11 is 0. The third-order valence-corrected chi connectivity index (χ3v) is 2.96. The van der Waals surface area contributed by atoms with Gasteiger partial charge in [-0.1, -0.05) is 32.1 Å². The van der Waals surface area contributed by atoms with Gasteiger partial charge in [0.05, 0.1) is 12.7 Å². The summed E-state index contributed by atoms with van der Waals surface area (Å²) in [6, 6.07) is 4.82. The van der Waals surface area contributed by atoms with Gasteiger partial charge in [0.1, 0.15) is 5.75 Å². The molecule has 0 heterocycles. The fraction of sp³-hybridized carbons (Fsp3) is 0.500. The zero-order valence-electron chi connectivity index (χ0n) is 12.3. The van der Waals surface area contributed by atoms with E-state index in [-0.39, 0.29) is 11.3 Å². The Kier molecular flexibility index (Phi) is 7.23. The standard InChI is InChI=1S/C16H23F2NO/c1-12(2)8-10-19-9-4-5-13-6-7-15(20-3)14(11-13)16(17)18/h4-7,11-12,16,19H,8-10H2,1-3H3. The maximum Gasteiger partial charge on any atom is 0.267 e. The average Bonchev–Trinajstić information content (AvgIpc) is 2.42. The molecule has 0 aromatic heterocycles. The van der Waals surface area contributed by atoms with Crippen molar-refractivity contribution in [1.29, 1.82) is 0 Å². The van der Waals surface area contributed by atoms with Crippen molar-refractivity contribution < 1.29 is 13.5 Å². The molecule has 112 valence electrons. The monoisotopic (exact) mass is 283 g/mol. The van der Waals surface area contributed by atoms with Gasteiger partial charge in [-0.05, 0) is 36.6 Å². The summed E-state index contributed by atoms with van der Waals surface area (Å²) in [7, 11) is 1.40. The molecule has 0 unspecified atom stereocenters. The van der Waals surface area contributed by atoms with E-state index in [4.69, 9.17) is 4.74 Å². The molecule has 0 aliphatic carbocycles. The fourth-order valence-corrected chi connectivity index (χ4v) is 1.80. The Hall–Kier alpha value is -1.42. The van der Waals surface area contributed by atoms with Crippen molar-refractivity contribution in [2.45, 2.75) is 26.7 Å². The molecule has 1 aromatic carbocycles. The number of alkyl halides is 2. The molecule has 0 amide bonds. The lowest BCUT2D eigenvalue weighted by molar-refractivity contribution is 0.147. The Morgan fingerprint density at radius 3 is 2.65 bits per heavy atom. The lowest BCUT2D eigenvalue weighted by Crippen LogP contribution is -2.16. The van der Waals surface area contributed by atoms with Crippen LogP contribution in [0.15, 0.2) is 24.3 Å². The Balaban J connectivity index is 2.53. The number of rotatable bonds is 8. The van der Waals surface area contributed by atoms with Gasteiger partial charge in [-0.2, -0.15) is 0 Å². The van der Waals surface area contributed by atoms with E-state index in [1.807, 2.05) is 12.2 Å². The van der Waals surface area contributed by atoms with Crippen molar-refractivity contribution >= 4 is 6.08 Å². The predicted octanol–water partition coefficient (Wildman–Crippen LogP) is 4.28. The van der Waals surface area contributed by atoms with Crippen molar-refractivity contribution in [3.05, 3.63) is 35.4 Å². The summed E-state index contributed by atoms with van der Waals surface area (Å²) in [6.45, 7) is 6.07. The lowest BCUT2D eigenvalue weighted by Gasteiger charge is -2.08. The number of halogens is 2. The van der Waals surface area contributed by atoms with E-state index >= 15 is 0 Å². The molecule has 0 fully saturated rings. The SMILES string of the molecule is COc1ccc(C=CCNCCC(C)C)cc1C(F)F. The highest BCUT2D eigenvalue weighted by Crippen LogP contribution is 2.29. The number of benzene rings is 1. The average molecular weight is 283 g/mol. The Labute approximate surface area is 119 Å². The minimum atomic E-state index is -2.53. The molecule has 0 aliphatic rings. The van der Waals surface area contributed by atoms with Crippen LogP contribution in [0.3, 0.4) is 0 Å². The van der Waals surface area contributed by atoms with Crippen LogP contribution in [0.5, 0.6) is 5.75 Å². The van der Waals surface area contributed by atoms with Crippen LogP contribution in [-0.2, 0) is 0 Å². The van der Waals surface area contributed by atoms with E-state index in [0.29, 0.717) is 5.92 Å². The van der Waals surface area contributed by atoms with Crippen molar-refractivity contribution in [3.63, 3.8) is 0 Å². The van der Waals surface area contributed by atoms with Gasteiger partial charge < -0.3 is 10.1 Å². The number of methoxy groups -OCH3 is 1. The number of hydrogen-bond acceptors (Lipinski definition) is 2. The maximum absolute atomic E-state index is 12.8. The zero-order chi connectivity index (χ0) is 15.0. The van der Waals surface area contributed by atoms with Crippen LogP contribution in [-0.4, -0.2) is 20.2 Å². The molecule has 4 heteroatoms. The summed E-state index contributed by atoms with van der Waals surface area (Å²) < 4.78 is 30.6. The summed E-state index contributed by atoms with van der Waals surface area (Å²) in [5, 5.41) is 3.29. The molecule has 1 rings (SSSR count). The van der Waals surface area contributed by atoms with Crippen molar-refractivity contribution in [2.75, 3.05) is 20.2 Å². The fourth-order valence-electron chi connectivity index (χ4n) is 1.80. The molecule has 0 aliphatic heterocycles. The minimum Gasteiger partial charge on any atom is -0.496 e. The molecular weight excluding hydrogens is 260 g/mol. The molecular formula is C16H23F2NO. The van der Waals surface area contributed by atoms with Crippen LogP contribution >= 0.6 is 0 Å². The predicted molar refractivity (Wildman–Crippen MR) is 79.3 cm³/mol.